The normalized spacial score (nSPS) is 10.4. The SMILES string of the molecule is Cc1nccc(C(=O)OC(C)C)c1Cl. The fourth-order valence-electron chi connectivity index (χ4n) is 0.984. The Morgan fingerprint density at radius 3 is 2.79 bits per heavy atom. The lowest BCUT2D eigenvalue weighted by Gasteiger charge is -2.09. The number of nitrogens with zero attached hydrogens (tertiary/aromatic N) is 1. The predicted octanol–water partition coefficient (Wildman–Crippen LogP) is 2.61. The van der Waals surface area contributed by atoms with Crippen LogP contribution in [0.2, 0.25) is 5.02 Å². The molecule has 0 radical (unpaired) electrons. The second-order valence-corrected chi connectivity index (χ2v) is 3.59. The highest BCUT2D eigenvalue weighted by Crippen LogP contribution is 2.19. The van der Waals surface area contributed by atoms with Gasteiger partial charge in [-0.1, -0.05) is 11.6 Å². The minimum absolute atomic E-state index is 0.146. The Kier molecular flexibility index (Phi) is 3.47. The van der Waals surface area contributed by atoms with E-state index < -0.39 is 5.97 Å². The Morgan fingerprint density at radius 2 is 2.21 bits per heavy atom. The van der Waals surface area contributed by atoms with E-state index in [2.05, 4.69) is 4.98 Å². The van der Waals surface area contributed by atoms with E-state index in [9.17, 15) is 4.79 Å². The first-order valence-electron chi connectivity index (χ1n) is 4.34. The van der Waals surface area contributed by atoms with Crippen molar-refractivity contribution < 1.29 is 9.53 Å². The molecular weight excluding hydrogens is 202 g/mol. The van der Waals surface area contributed by atoms with Crippen LogP contribution in [0.15, 0.2) is 12.3 Å². The minimum Gasteiger partial charge on any atom is -0.459 e. The number of aryl methyl sites for hydroxylation is 1. The van der Waals surface area contributed by atoms with Crippen molar-refractivity contribution in [2.24, 2.45) is 0 Å². The molecule has 0 aliphatic carbocycles. The summed E-state index contributed by atoms with van der Waals surface area (Å²) < 4.78 is 5.02. The zero-order chi connectivity index (χ0) is 10.7. The van der Waals surface area contributed by atoms with Gasteiger partial charge < -0.3 is 4.74 Å². The molecule has 0 amide bonds. The average Bonchev–Trinajstić information content (AvgIpc) is 2.08. The van der Waals surface area contributed by atoms with Crippen LogP contribution in [0.1, 0.15) is 29.9 Å². The second-order valence-electron chi connectivity index (χ2n) is 3.21. The Hall–Kier alpha value is -1.09. The highest BCUT2D eigenvalue weighted by molar-refractivity contribution is 6.34. The van der Waals surface area contributed by atoms with Crippen LogP contribution in [0.3, 0.4) is 0 Å². The van der Waals surface area contributed by atoms with Crippen molar-refractivity contribution in [3.05, 3.63) is 28.5 Å². The number of hydrogen-bond donors (Lipinski definition) is 0. The molecule has 0 aliphatic rings. The monoisotopic (exact) mass is 213 g/mol. The molecule has 0 saturated heterocycles. The molecule has 0 aliphatic heterocycles. The number of hydrogen-bond acceptors (Lipinski definition) is 3. The van der Waals surface area contributed by atoms with Gasteiger partial charge in [-0.2, -0.15) is 0 Å². The van der Waals surface area contributed by atoms with Crippen LogP contribution in [-0.4, -0.2) is 17.1 Å². The fraction of sp³-hybridized carbons (Fsp3) is 0.400. The van der Waals surface area contributed by atoms with Crippen molar-refractivity contribution in [2.45, 2.75) is 26.9 Å². The highest BCUT2D eigenvalue weighted by Gasteiger charge is 2.14. The van der Waals surface area contributed by atoms with E-state index in [0.29, 0.717) is 16.3 Å². The molecule has 0 unspecified atom stereocenters. The summed E-state index contributed by atoms with van der Waals surface area (Å²) in [5.41, 5.74) is 0.998. The predicted molar refractivity (Wildman–Crippen MR) is 54.5 cm³/mol. The van der Waals surface area contributed by atoms with E-state index in [0.717, 1.165) is 0 Å². The zero-order valence-electron chi connectivity index (χ0n) is 8.37. The number of esters is 1. The molecule has 0 fully saturated rings. The molecule has 0 N–H and O–H groups in total. The molecule has 1 rings (SSSR count). The largest absolute Gasteiger partial charge is 0.459 e. The molecule has 0 saturated carbocycles. The summed E-state index contributed by atoms with van der Waals surface area (Å²) in [5, 5.41) is 0.359. The van der Waals surface area contributed by atoms with Crippen molar-refractivity contribution >= 4 is 17.6 Å². The maximum Gasteiger partial charge on any atom is 0.340 e. The van der Waals surface area contributed by atoms with Gasteiger partial charge in [0.05, 0.1) is 22.4 Å². The Labute approximate surface area is 88.1 Å². The number of carbonyl (C=O) groups is 1. The van der Waals surface area contributed by atoms with Gasteiger partial charge in [-0.15, -0.1) is 0 Å². The van der Waals surface area contributed by atoms with Gasteiger partial charge in [-0.25, -0.2) is 4.79 Å². The zero-order valence-corrected chi connectivity index (χ0v) is 9.13. The number of aromatic nitrogens is 1. The van der Waals surface area contributed by atoms with Crippen molar-refractivity contribution in [1.29, 1.82) is 0 Å². The van der Waals surface area contributed by atoms with Gasteiger partial charge >= 0.3 is 5.97 Å². The van der Waals surface area contributed by atoms with Crippen LogP contribution in [0.4, 0.5) is 0 Å². The van der Waals surface area contributed by atoms with Crippen LogP contribution < -0.4 is 0 Å². The third-order valence-electron chi connectivity index (χ3n) is 1.63. The van der Waals surface area contributed by atoms with Crippen molar-refractivity contribution in [2.75, 3.05) is 0 Å². The van der Waals surface area contributed by atoms with E-state index in [1.54, 1.807) is 26.8 Å². The van der Waals surface area contributed by atoms with Gasteiger partial charge in [0.15, 0.2) is 0 Å². The summed E-state index contributed by atoms with van der Waals surface area (Å²) in [6, 6.07) is 1.56. The number of carbonyl (C=O) groups excluding carboxylic acids is 1. The minimum atomic E-state index is -0.407. The fourth-order valence-corrected chi connectivity index (χ4v) is 1.17. The molecule has 14 heavy (non-hydrogen) atoms. The first kappa shape index (κ1) is 11.0. The Balaban J connectivity index is 2.96. The standard InChI is InChI=1S/C10H12ClNO2/c1-6(2)14-10(13)8-4-5-12-7(3)9(8)11/h4-6H,1-3H3. The first-order chi connectivity index (χ1) is 6.52. The van der Waals surface area contributed by atoms with E-state index in [1.807, 2.05) is 0 Å². The van der Waals surface area contributed by atoms with Crippen LogP contribution in [0, 0.1) is 6.92 Å². The van der Waals surface area contributed by atoms with E-state index >= 15 is 0 Å². The maximum absolute atomic E-state index is 11.5. The van der Waals surface area contributed by atoms with Crippen LogP contribution in [0.5, 0.6) is 0 Å². The second kappa shape index (κ2) is 4.42. The topological polar surface area (TPSA) is 39.2 Å². The number of ether oxygens (including phenoxy) is 1. The molecule has 0 atom stereocenters. The lowest BCUT2D eigenvalue weighted by Crippen LogP contribution is -2.12. The van der Waals surface area contributed by atoms with E-state index in [4.69, 9.17) is 16.3 Å². The van der Waals surface area contributed by atoms with E-state index in [1.165, 1.54) is 6.20 Å². The smallest absolute Gasteiger partial charge is 0.340 e. The molecule has 76 valence electrons. The summed E-state index contributed by atoms with van der Waals surface area (Å²) in [6.45, 7) is 5.33. The number of halogens is 1. The summed E-state index contributed by atoms with van der Waals surface area (Å²) in [7, 11) is 0. The number of pyridine rings is 1. The molecule has 1 heterocycles. The molecule has 1 aromatic rings. The first-order valence-corrected chi connectivity index (χ1v) is 4.72. The van der Waals surface area contributed by atoms with E-state index in [-0.39, 0.29) is 6.10 Å². The molecule has 0 spiro atoms. The van der Waals surface area contributed by atoms with Gasteiger partial charge in [0.2, 0.25) is 0 Å². The lowest BCUT2D eigenvalue weighted by molar-refractivity contribution is 0.0378. The van der Waals surface area contributed by atoms with Crippen molar-refractivity contribution in [3.8, 4) is 0 Å². The lowest BCUT2D eigenvalue weighted by atomic mass is 10.2. The average molecular weight is 214 g/mol. The molecule has 4 heteroatoms. The van der Waals surface area contributed by atoms with Crippen LogP contribution in [0.25, 0.3) is 0 Å². The molecule has 3 nitrogen and oxygen atoms in total. The van der Waals surface area contributed by atoms with Gasteiger partial charge in [-0.05, 0) is 26.8 Å². The van der Waals surface area contributed by atoms with Gasteiger partial charge in [0.25, 0.3) is 0 Å². The summed E-state index contributed by atoms with van der Waals surface area (Å²) in [5.74, 6) is -0.407. The Morgan fingerprint density at radius 1 is 1.57 bits per heavy atom. The number of rotatable bonds is 2. The van der Waals surface area contributed by atoms with Gasteiger partial charge in [0.1, 0.15) is 0 Å². The highest BCUT2D eigenvalue weighted by atomic mass is 35.5. The summed E-state index contributed by atoms with van der Waals surface area (Å²) in [4.78, 5) is 15.5. The molecule has 0 bridgehead atoms. The maximum atomic E-state index is 11.5. The van der Waals surface area contributed by atoms with Gasteiger partial charge in [0, 0.05) is 6.20 Å². The van der Waals surface area contributed by atoms with Crippen molar-refractivity contribution in [3.63, 3.8) is 0 Å². The van der Waals surface area contributed by atoms with Crippen LogP contribution in [-0.2, 0) is 4.74 Å². The Bertz CT molecular complexity index is 350. The molecular formula is C10H12ClNO2. The van der Waals surface area contributed by atoms with Gasteiger partial charge in [-0.3, -0.25) is 4.98 Å². The summed E-state index contributed by atoms with van der Waals surface area (Å²) >= 11 is 5.91. The third kappa shape index (κ3) is 2.45. The summed E-state index contributed by atoms with van der Waals surface area (Å²) in [6.07, 6.45) is 1.39. The quantitative estimate of drug-likeness (QED) is 0.709. The molecule has 1 aromatic heterocycles. The third-order valence-corrected chi connectivity index (χ3v) is 2.10. The van der Waals surface area contributed by atoms with Crippen molar-refractivity contribution in [1.82, 2.24) is 4.98 Å². The molecule has 0 aromatic carbocycles. The van der Waals surface area contributed by atoms with Crippen LogP contribution >= 0.6 is 11.6 Å².